The van der Waals surface area contributed by atoms with Crippen LogP contribution in [0.5, 0.6) is 0 Å². The molecule has 0 saturated carbocycles. The van der Waals surface area contributed by atoms with Crippen LogP contribution in [-0.4, -0.2) is 68.5 Å². The number of fused-ring (bicyclic) bond motifs is 1. The SMILES string of the molecule is CCCCCC(O)C=CC1=C(CC(O)CO)C(CCCC(CCC(=O)O)CCC(C)C)NC(C(C)O)CC#Cc2c(CC)cccc2CC1. The highest BCUT2D eigenvalue weighted by molar-refractivity contribution is 5.66. The van der Waals surface area contributed by atoms with Crippen molar-refractivity contribution in [3.63, 3.8) is 0 Å². The third kappa shape index (κ3) is 16.4. The molecular formula is C42H67NO6. The molecule has 6 N–H and O–H groups in total. The number of allylic oxidation sites excluding steroid dienone is 2. The Morgan fingerprint density at radius 1 is 1.00 bits per heavy atom. The standard InChI is InChI=1S/C42H67NO6/c1-6-8-9-16-36(46)26-25-35-24-23-34-15-11-14-33(7-2)38(34)17-12-18-40(31(5)45)43-41(39(35)28-37(47)29-44)19-10-13-32(21-20-30(3)4)22-27-42(48)49/h11,14-15,25-26,30-32,36-37,40-41,43-47H,6-10,13,16,18-24,27-29H2,1-5H3,(H,48,49). The topological polar surface area (TPSA) is 130 Å². The molecule has 0 radical (unpaired) electrons. The fourth-order valence-electron chi connectivity index (χ4n) is 6.85. The Labute approximate surface area is 297 Å². The number of hydrogen-bond acceptors (Lipinski definition) is 6. The number of carbonyl (C=O) groups is 1. The van der Waals surface area contributed by atoms with Crippen molar-refractivity contribution in [3.05, 3.63) is 58.2 Å². The second-order valence-corrected chi connectivity index (χ2v) is 14.6. The third-order valence-electron chi connectivity index (χ3n) is 9.96. The number of aliphatic hydroxyl groups is 4. The highest BCUT2D eigenvalue weighted by Gasteiger charge is 2.26. The number of rotatable bonds is 21. The molecule has 2 rings (SSSR count). The van der Waals surface area contributed by atoms with E-state index >= 15 is 0 Å². The molecule has 0 amide bonds. The van der Waals surface area contributed by atoms with Crippen LogP contribution in [0.3, 0.4) is 0 Å². The summed E-state index contributed by atoms with van der Waals surface area (Å²) in [7, 11) is 0. The number of nitrogens with one attached hydrogen (secondary N) is 1. The first kappa shape index (κ1) is 42.7. The summed E-state index contributed by atoms with van der Waals surface area (Å²) in [4.78, 5) is 11.4. The molecule has 7 heteroatoms. The number of benzene rings is 1. The number of aryl methyl sites for hydroxylation is 2. The highest BCUT2D eigenvalue weighted by atomic mass is 16.4. The fourth-order valence-corrected chi connectivity index (χ4v) is 6.85. The molecule has 7 nitrogen and oxygen atoms in total. The van der Waals surface area contributed by atoms with Crippen molar-refractivity contribution < 1.29 is 30.3 Å². The van der Waals surface area contributed by atoms with E-state index in [1.165, 1.54) is 5.56 Å². The molecule has 6 atom stereocenters. The van der Waals surface area contributed by atoms with Crippen molar-refractivity contribution in [1.29, 1.82) is 0 Å². The van der Waals surface area contributed by atoms with Gasteiger partial charge in [0.25, 0.3) is 0 Å². The highest BCUT2D eigenvalue weighted by Crippen LogP contribution is 2.30. The van der Waals surface area contributed by atoms with Crippen LogP contribution in [0.2, 0.25) is 0 Å². The van der Waals surface area contributed by atoms with E-state index in [1.807, 2.05) is 12.2 Å². The quantitative estimate of drug-likeness (QED) is 0.0595. The van der Waals surface area contributed by atoms with E-state index in [1.54, 1.807) is 6.92 Å². The van der Waals surface area contributed by atoms with Crippen LogP contribution in [0.15, 0.2) is 41.5 Å². The van der Waals surface area contributed by atoms with E-state index in [-0.39, 0.29) is 31.5 Å². The van der Waals surface area contributed by atoms with Gasteiger partial charge in [-0.1, -0.05) is 115 Å². The predicted molar refractivity (Wildman–Crippen MR) is 200 cm³/mol. The Kier molecular flexibility index (Phi) is 20.8. The summed E-state index contributed by atoms with van der Waals surface area (Å²) < 4.78 is 0. The van der Waals surface area contributed by atoms with Gasteiger partial charge in [0, 0.05) is 30.5 Å². The minimum atomic E-state index is -0.955. The van der Waals surface area contributed by atoms with Gasteiger partial charge in [-0.25, -0.2) is 0 Å². The van der Waals surface area contributed by atoms with Crippen LogP contribution in [0, 0.1) is 23.7 Å². The first-order chi connectivity index (χ1) is 23.5. The maximum atomic E-state index is 11.4. The molecule has 0 fully saturated rings. The molecule has 1 aliphatic heterocycles. The largest absolute Gasteiger partial charge is 0.481 e. The minimum Gasteiger partial charge on any atom is -0.481 e. The number of unbranched alkanes of at least 4 members (excludes halogenated alkanes) is 2. The van der Waals surface area contributed by atoms with E-state index in [2.05, 4.69) is 63.1 Å². The first-order valence-corrected chi connectivity index (χ1v) is 19.1. The molecule has 0 bridgehead atoms. The monoisotopic (exact) mass is 681 g/mol. The lowest BCUT2D eigenvalue weighted by Gasteiger charge is -2.32. The third-order valence-corrected chi connectivity index (χ3v) is 9.96. The lowest BCUT2D eigenvalue weighted by Crippen LogP contribution is -2.46. The minimum absolute atomic E-state index is 0.164. The fraction of sp³-hybridized carbons (Fsp3) is 0.690. The molecule has 0 spiro atoms. The smallest absolute Gasteiger partial charge is 0.303 e. The predicted octanol–water partition coefficient (Wildman–Crippen LogP) is 7.27. The Morgan fingerprint density at radius 2 is 1.78 bits per heavy atom. The van der Waals surface area contributed by atoms with Gasteiger partial charge in [0.2, 0.25) is 0 Å². The van der Waals surface area contributed by atoms with Crippen molar-refractivity contribution in [3.8, 4) is 11.8 Å². The number of hydrogen-bond donors (Lipinski definition) is 6. The van der Waals surface area contributed by atoms with Gasteiger partial charge < -0.3 is 30.8 Å². The zero-order valence-electron chi connectivity index (χ0n) is 31.1. The summed E-state index contributed by atoms with van der Waals surface area (Å²) in [6.45, 7) is 10.1. The molecule has 49 heavy (non-hydrogen) atoms. The van der Waals surface area contributed by atoms with Crippen molar-refractivity contribution in [2.75, 3.05) is 6.61 Å². The van der Waals surface area contributed by atoms with Crippen LogP contribution < -0.4 is 5.32 Å². The number of carboxylic acid groups (broad SMARTS) is 1. The summed E-state index contributed by atoms with van der Waals surface area (Å²) in [5.41, 5.74) is 5.40. The van der Waals surface area contributed by atoms with Gasteiger partial charge in [-0.15, -0.1) is 0 Å². The van der Waals surface area contributed by atoms with Gasteiger partial charge in [-0.3, -0.25) is 4.79 Å². The van der Waals surface area contributed by atoms with Gasteiger partial charge in [-0.05, 0) is 86.0 Å². The summed E-state index contributed by atoms with van der Waals surface area (Å²) in [6, 6.07) is 5.79. The maximum Gasteiger partial charge on any atom is 0.303 e. The molecule has 0 aliphatic carbocycles. The van der Waals surface area contributed by atoms with Gasteiger partial charge in [0.15, 0.2) is 0 Å². The molecule has 1 aliphatic rings. The van der Waals surface area contributed by atoms with E-state index in [0.717, 1.165) is 86.5 Å². The van der Waals surface area contributed by atoms with E-state index in [9.17, 15) is 30.3 Å². The molecule has 1 aromatic carbocycles. The van der Waals surface area contributed by atoms with Crippen LogP contribution in [0.4, 0.5) is 0 Å². The Hall–Kier alpha value is -2.47. The zero-order valence-corrected chi connectivity index (χ0v) is 31.1. The van der Waals surface area contributed by atoms with E-state index < -0.39 is 24.3 Å². The first-order valence-electron chi connectivity index (χ1n) is 19.1. The van der Waals surface area contributed by atoms with Crippen molar-refractivity contribution in [1.82, 2.24) is 5.32 Å². The molecule has 0 saturated heterocycles. The van der Waals surface area contributed by atoms with Gasteiger partial charge in [-0.2, -0.15) is 0 Å². The molecule has 0 aromatic heterocycles. The van der Waals surface area contributed by atoms with Crippen molar-refractivity contribution in [2.24, 2.45) is 11.8 Å². The van der Waals surface area contributed by atoms with Crippen LogP contribution >= 0.6 is 0 Å². The molecule has 1 aromatic rings. The summed E-state index contributed by atoms with van der Waals surface area (Å²) in [6.07, 6.45) is 13.8. The second kappa shape index (κ2) is 23.8. The summed E-state index contributed by atoms with van der Waals surface area (Å²) in [5.74, 6) is 6.92. The lowest BCUT2D eigenvalue weighted by molar-refractivity contribution is -0.137. The molecular weight excluding hydrogens is 614 g/mol. The number of aliphatic hydroxyl groups excluding tert-OH is 4. The maximum absolute atomic E-state index is 11.4. The molecule has 6 unspecified atom stereocenters. The van der Waals surface area contributed by atoms with Crippen LogP contribution in [0.1, 0.15) is 141 Å². The summed E-state index contributed by atoms with van der Waals surface area (Å²) in [5, 5.41) is 55.9. The zero-order chi connectivity index (χ0) is 36.2. The van der Waals surface area contributed by atoms with Crippen LogP contribution in [-0.2, 0) is 17.6 Å². The normalized spacial score (nSPS) is 19.8. The Balaban J connectivity index is 2.63. The average molecular weight is 682 g/mol. The van der Waals surface area contributed by atoms with Gasteiger partial charge in [0.1, 0.15) is 0 Å². The van der Waals surface area contributed by atoms with E-state index in [0.29, 0.717) is 37.5 Å². The molecule has 1 heterocycles. The van der Waals surface area contributed by atoms with Crippen molar-refractivity contribution >= 4 is 5.97 Å². The molecule has 276 valence electrons. The number of carboxylic acids is 1. The summed E-state index contributed by atoms with van der Waals surface area (Å²) >= 11 is 0. The van der Waals surface area contributed by atoms with Crippen molar-refractivity contribution in [2.45, 2.75) is 168 Å². The average Bonchev–Trinajstić information content (AvgIpc) is 3.06. The van der Waals surface area contributed by atoms with E-state index in [4.69, 9.17) is 0 Å². The van der Waals surface area contributed by atoms with Crippen LogP contribution in [0.25, 0.3) is 0 Å². The van der Waals surface area contributed by atoms with Gasteiger partial charge in [0.05, 0.1) is 24.9 Å². The second-order valence-electron chi connectivity index (χ2n) is 14.6. The Morgan fingerprint density at radius 3 is 2.43 bits per heavy atom. The Bertz CT molecular complexity index is 1230. The van der Waals surface area contributed by atoms with Gasteiger partial charge >= 0.3 is 5.97 Å². The lowest BCUT2D eigenvalue weighted by atomic mass is 9.84. The number of aliphatic carboxylic acids is 1.